The fourth-order valence-corrected chi connectivity index (χ4v) is 1.91. The first-order valence-corrected chi connectivity index (χ1v) is 4.98. The average molecular weight is 186 g/mol. The lowest BCUT2D eigenvalue weighted by Crippen LogP contribution is -2.37. The average Bonchev–Trinajstić information content (AvgIpc) is 2.63. The van der Waals surface area contributed by atoms with Gasteiger partial charge in [-0.2, -0.15) is 0 Å². The van der Waals surface area contributed by atoms with Gasteiger partial charge in [0.05, 0.1) is 12.2 Å². The van der Waals surface area contributed by atoms with Crippen molar-refractivity contribution in [1.29, 1.82) is 0 Å². The Morgan fingerprint density at radius 1 is 1.54 bits per heavy atom. The summed E-state index contributed by atoms with van der Waals surface area (Å²) in [7, 11) is 0. The molecule has 0 saturated carbocycles. The van der Waals surface area contributed by atoms with Gasteiger partial charge < -0.3 is 9.47 Å². The summed E-state index contributed by atoms with van der Waals surface area (Å²) in [5.74, 6) is 0. The van der Waals surface area contributed by atoms with Crippen LogP contribution in [0.1, 0.15) is 26.2 Å². The minimum Gasteiger partial charge on any atom is -0.375 e. The third kappa shape index (κ3) is 2.02. The molecule has 2 rings (SSSR count). The van der Waals surface area contributed by atoms with E-state index in [9.17, 15) is 5.11 Å². The molecule has 0 aromatic carbocycles. The van der Waals surface area contributed by atoms with E-state index in [1.54, 1.807) is 0 Å². The van der Waals surface area contributed by atoms with Crippen LogP contribution in [0.3, 0.4) is 0 Å². The van der Waals surface area contributed by atoms with Gasteiger partial charge in [-0.05, 0) is 12.8 Å². The summed E-state index contributed by atoms with van der Waals surface area (Å²) in [6.45, 7) is 2.67. The van der Waals surface area contributed by atoms with Crippen molar-refractivity contribution in [2.24, 2.45) is 0 Å². The second kappa shape index (κ2) is 3.92. The van der Waals surface area contributed by atoms with E-state index in [0.29, 0.717) is 6.42 Å². The number of rotatable bonds is 3. The Kier molecular flexibility index (Phi) is 2.83. The molecule has 0 aliphatic carbocycles. The predicted molar refractivity (Wildman–Crippen MR) is 45.5 cm³/mol. The maximum absolute atomic E-state index is 11.1. The first-order chi connectivity index (χ1) is 6.29. The molecular formula is C9H16NO3. The highest BCUT2D eigenvalue weighted by Gasteiger charge is 2.39. The summed E-state index contributed by atoms with van der Waals surface area (Å²) in [4.78, 5) is 0. The molecule has 0 aromatic rings. The van der Waals surface area contributed by atoms with E-state index in [-0.39, 0.29) is 18.4 Å². The molecule has 2 saturated heterocycles. The Bertz CT molecular complexity index is 161. The Labute approximate surface area is 78.2 Å². The van der Waals surface area contributed by atoms with Crippen molar-refractivity contribution in [1.82, 2.24) is 5.32 Å². The summed E-state index contributed by atoms with van der Waals surface area (Å²) in [5.41, 5.74) is 0. The van der Waals surface area contributed by atoms with Crippen LogP contribution in [0.15, 0.2) is 0 Å². The third-order valence-electron chi connectivity index (χ3n) is 2.68. The molecule has 4 nitrogen and oxygen atoms in total. The smallest absolute Gasteiger partial charge is 0.145 e. The Morgan fingerprint density at radius 3 is 3.08 bits per heavy atom. The highest BCUT2D eigenvalue weighted by atomic mass is 16.6. The molecule has 0 bridgehead atoms. The van der Waals surface area contributed by atoms with Crippen LogP contribution in [0, 0.1) is 0 Å². The summed E-state index contributed by atoms with van der Waals surface area (Å²) in [6, 6.07) is 0. The van der Waals surface area contributed by atoms with E-state index in [1.165, 1.54) is 0 Å². The minimum absolute atomic E-state index is 0.0854. The van der Waals surface area contributed by atoms with Gasteiger partial charge in [-0.3, -0.25) is 5.32 Å². The van der Waals surface area contributed by atoms with Crippen molar-refractivity contribution in [3.05, 3.63) is 0 Å². The standard InChI is InChI=1S/C9H16NO3/c1-2-8(11)10-9-5-7-6(13-9)3-4-12-7/h6-10H,2-5H2,1H3. The molecular weight excluding hydrogens is 170 g/mol. The number of fused-ring (bicyclic) bond motifs is 1. The highest BCUT2D eigenvalue weighted by Crippen LogP contribution is 2.29. The summed E-state index contributed by atoms with van der Waals surface area (Å²) in [5, 5.41) is 14.0. The monoisotopic (exact) mass is 186 g/mol. The fraction of sp³-hybridized carbons (Fsp3) is 1.00. The van der Waals surface area contributed by atoms with E-state index >= 15 is 0 Å². The first-order valence-electron chi connectivity index (χ1n) is 4.98. The lowest BCUT2D eigenvalue weighted by molar-refractivity contribution is -0.0361. The van der Waals surface area contributed by atoms with Gasteiger partial charge in [0, 0.05) is 13.0 Å². The fourth-order valence-electron chi connectivity index (χ4n) is 1.91. The van der Waals surface area contributed by atoms with Crippen LogP contribution in [0.25, 0.3) is 0 Å². The molecule has 4 unspecified atom stereocenters. The van der Waals surface area contributed by atoms with Crippen molar-refractivity contribution in [2.45, 2.75) is 50.8 Å². The van der Waals surface area contributed by atoms with Crippen molar-refractivity contribution in [3.63, 3.8) is 0 Å². The molecule has 2 aliphatic rings. The Hall–Kier alpha value is -0.160. The third-order valence-corrected chi connectivity index (χ3v) is 2.68. The normalized spacial score (nSPS) is 40.6. The predicted octanol–water partition coefficient (Wildman–Crippen LogP) is 0.647. The first kappa shape index (κ1) is 9.40. The molecule has 2 fully saturated rings. The van der Waals surface area contributed by atoms with E-state index in [2.05, 4.69) is 5.32 Å². The van der Waals surface area contributed by atoms with Gasteiger partial charge in [0.2, 0.25) is 0 Å². The van der Waals surface area contributed by atoms with Gasteiger partial charge in [0.1, 0.15) is 12.5 Å². The van der Waals surface area contributed by atoms with Gasteiger partial charge in [-0.25, -0.2) is 5.11 Å². The molecule has 75 valence electrons. The number of nitrogens with one attached hydrogen (secondary N) is 1. The highest BCUT2D eigenvalue weighted by molar-refractivity contribution is 4.86. The maximum Gasteiger partial charge on any atom is 0.145 e. The molecule has 0 amide bonds. The maximum atomic E-state index is 11.1. The molecule has 0 spiro atoms. The molecule has 2 aliphatic heterocycles. The molecule has 4 heteroatoms. The van der Waals surface area contributed by atoms with Crippen molar-refractivity contribution in [3.8, 4) is 0 Å². The van der Waals surface area contributed by atoms with Crippen LogP contribution in [-0.4, -0.2) is 31.3 Å². The van der Waals surface area contributed by atoms with Gasteiger partial charge in [0.25, 0.3) is 0 Å². The molecule has 0 aromatic heterocycles. The second-order valence-electron chi connectivity index (χ2n) is 3.66. The Balaban J connectivity index is 1.78. The Morgan fingerprint density at radius 2 is 2.38 bits per heavy atom. The zero-order valence-corrected chi connectivity index (χ0v) is 7.86. The van der Waals surface area contributed by atoms with Crippen LogP contribution >= 0.6 is 0 Å². The van der Waals surface area contributed by atoms with E-state index in [4.69, 9.17) is 9.47 Å². The van der Waals surface area contributed by atoms with Crippen LogP contribution in [0.5, 0.6) is 0 Å². The zero-order chi connectivity index (χ0) is 9.26. The van der Waals surface area contributed by atoms with Gasteiger partial charge in [-0.1, -0.05) is 6.92 Å². The lowest BCUT2D eigenvalue weighted by Gasteiger charge is -2.16. The topological polar surface area (TPSA) is 50.4 Å². The lowest BCUT2D eigenvalue weighted by atomic mass is 10.2. The van der Waals surface area contributed by atoms with Crippen molar-refractivity contribution >= 4 is 0 Å². The zero-order valence-electron chi connectivity index (χ0n) is 7.86. The van der Waals surface area contributed by atoms with Crippen LogP contribution in [0.4, 0.5) is 0 Å². The number of hydrogen-bond donors (Lipinski definition) is 1. The van der Waals surface area contributed by atoms with Gasteiger partial charge in [0.15, 0.2) is 0 Å². The largest absolute Gasteiger partial charge is 0.375 e. The molecule has 13 heavy (non-hydrogen) atoms. The summed E-state index contributed by atoms with van der Waals surface area (Å²) >= 11 is 0. The second-order valence-corrected chi connectivity index (χ2v) is 3.66. The van der Waals surface area contributed by atoms with E-state index in [0.717, 1.165) is 19.4 Å². The summed E-state index contributed by atoms with van der Waals surface area (Å²) < 4.78 is 11.1. The summed E-state index contributed by atoms with van der Waals surface area (Å²) in [6.07, 6.45) is 2.04. The van der Waals surface area contributed by atoms with Crippen LogP contribution in [-0.2, 0) is 14.6 Å². The molecule has 4 atom stereocenters. The van der Waals surface area contributed by atoms with Gasteiger partial charge in [-0.15, -0.1) is 0 Å². The van der Waals surface area contributed by atoms with Crippen LogP contribution in [0.2, 0.25) is 0 Å². The van der Waals surface area contributed by atoms with Gasteiger partial charge >= 0.3 is 0 Å². The van der Waals surface area contributed by atoms with E-state index in [1.807, 2.05) is 6.92 Å². The SMILES string of the molecule is CCC([O])NC1CC2OCCC2O1. The molecule has 2 heterocycles. The van der Waals surface area contributed by atoms with E-state index < -0.39 is 6.23 Å². The molecule has 1 radical (unpaired) electrons. The quantitative estimate of drug-likeness (QED) is 0.658. The van der Waals surface area contributed by atoms with Crippen molar-refractivity contribution in [2.75, 3.05) is 6.61 Å². The van der Waals surface area contributed by atoms with Crippen molar-refractivity contribution < 1.29 is 14.6 Å². The van der Waals surface area contributed by atoms with Crippen LogP contribution < -0.4 is 5.32 Å². The number of hydrogen-bond acceptors (Lipinski definition) is 3. The molecule has 1 N–H and O–H groups in total. The number of ether oxygens (including phenoxy) is 2. The minimum atomic E-state index is -0.705.